The van der Waals surface area contributed by atoms with E-state index in [4.69, 9.17) is 13.7 Å². The van der Waals surface area contributed by atoms with Crippen LogP contribution in [0.3, 0.4) is 0 Å². The monoisotopic (exact) mass is 360 g/mol. The van der Waals surface area contributed by atoms with Crippen molar-refractivity contribution in [3.05, 3.63) is 16.7 Å². The standard InChI is InChI=1S/C9H12O9S3/c1-4-7(19(10,11)12)5(2)9(21(16,17)18)6(3)8(4)20(13,14)15/h1-3H3,(H,10,11,12)(H,13,14,15)(H,16,17,18). The first kappa shape index (κ1) is 18.0. The average Bonchev–Trinajstić information content (AvgIpc) is 2.07. The summed E-state index contributed by atoms with van der Waals surface area (Å²) in [4.78, 5) is -3.02. The van der Waals surface area contributed by atoms with Gasteiger partial charge in [-0.15, -0.1) is 0 Å². The first-order chi connectivity index (χ1) is 9.10. The van der Waals surface area contributed by atoms with Gasteiger partial charge in [0.05, 0.1) is 0 Å². The summed E-state index contributed by atoms with van der Waals surface area (Å²) in [6.07, 6.45) is 0. The number of rotatable bonds is 3. The summed E-state index contributed by atoms with van der Waals surface area (Å²) < 4.78 is 95.5. The van der Waals surface area contributed by atoms with E-state index >= 15 is 0 Å². The van der Waals surface area contributed by atoms with Crippen LogP contribution in [-0.4, -0.2) is 38.9 Å². The zero-order valence-corrected chi connectivity index (χ0v) is 13.5. The highest BCUT2D eigenvalue weighted by Crippen LogP contribution is 2.35. The Morgan fingerprint density at radius 1 is 0.524 bits per heavy atom. The lowest BCUT2D eigenvalue weighted by Gasteiger charge is -2.17. The summed E-state index contributed by atoms with van der Waals surface area (Å²) in [5.41, 5.74) is -1.66. The van der Waals surface area contributed by atoms with E-state index in [-0.39, 0.29) is 0 Å². The van der Waals surface area contributed by atoms with Crippen LogP contribution in [0.4, 0.5) is 0 Å². The van der Waals surface area contributed by atoms with Crippen LogP contribution in [0.5, 0.6) is 0 Å². The highest BCUT2D eigenvalue weighted by Gasteiger charge is 2.33. The summed E-state index contributed by atoms with van der Waals surface area (Å²) in [5, 5.41) is 0. The smallest absolute Gasteiger partial charge is 0.282 e. The second-order valence-electron chi connectivity index (χ2n) is 4.29. The maximum absolute atomic E-state index is 11.3. The molecule has 0 aliphatic rings. The topological polar surface area (TPSA) is 163 Å². The van der Waals surface area contributed by atoms with Gasteiger partial charge in [0.1, 0.15) is 14.7 Å². The van der Waals surface area contributed by atoms with E-state index < -0.39 is 61.7 Å². The number of hydrogen-bond acceptors (Lipinski definition) is 6. The molecule has 120 valence electrons. The molecule has 1 rings (SSSR count). The van der Waals surface area contributed by atoms with Crippen molar-refractivity contribution in [2.75, 3.05) is 0 Å². The molecule has 12 heteroatoms. The fraction of sp³-hybridized carbons (Fsp3) is 0.333. The Kier molecular flexibility index (Phi) is 4.28. The van der Waals surface area contributed by atoms with Crippen LogP contribution in [0.25, 0.3) is 0 Å². The molecule has 0 radical (unpaired) electrons. The van der Waals surface area contributed by atoms with Crippen LogP contribution in [0.1, 0.15) is 16.7 Å². The van der Waals surface area contributed by atoms with Crippen LogP contribution >= 0.6 is 0 Å². The molecule has 1 aromatic rings. The van der Waals surface area contributed by atoms with Gasteiger partial charge in [0.2, 0.25) is 0 Å². The minimum absolute atomic E-state index is 0.553. The first-order valence-corrected chi connectivity index (χ1v) is 9.48. The molecule has 0 aliphatic heterocycles. The molecule has 1 aromatic carbocycles. The maximum atomic E-state index is 11.3. The SMILES string of the molecule is Cc1c(S(=O)(=O)O)c(C)c(S(=O)(=O)O)c(C)c1S(=O)(=O)O. The summed E-state index contributed by atoms with van der Waals surface area (Å²) in [7, 11) is -15.0. The van der Waals surface area contributed by atoms with Gasteiger partial charge in [0, 0.05) is 0 Å². The molecular weight excluding hydrogens is 348 g/mol. The van der Waals surface area contributed by atoms with Crippen molar-refractivity contribution in [1.82, 2.24) is 0 Å². The molecule has 0 saturated heterocycles. The summed E-state index contributed by atoms with van der Waals surface area (Å²) in [6, 6.07) is 0. The van der Waals surface area contributed by atoms with Crippen LogP contribution < -0.4 is 0 Å². The summed E-state index contributed by atoms with van der Waals surface area (Å²) in [5.74, 6) is 0. The Morgan fingerprint density at radius 2 is 0.667 bits per heavy atom. The predicted molar refractivity (Wildman–Crippen MR) is 70.1 cm³/mol. The lowest BCUT2D eigenvalue weighted by Crippen LogP contribution is -2.16. The Hall–Kier alpha value is -1.05. The van der Waals surface area contributed by atoms with Crippen molar-refractivity contribution in [1.29, 1.82) is 0 Å². The van der Waals surface area contributed by atoms with Crippen molar-refractivity contribution < 1.29 is 38.9 Å². The molecule has 0 unspecified atom stereocenters. The molecule has 21 heavy (non-hydrogen) atoms. The highest BCUT2D eigenvalue weighted by molar-refractivity contribution is 7.87. The molecule has 0 aliphatic carbocycles. The van der Waals surface area contributed by atoms with Gasteiger partial charge in [0.25, 0.3) is 30.4 Å². The molecule has 0 saturated carbocycles. The van der Waals surface area contributed by atoms with Gasteiger partial charge in [0.15, 0.2) is 0 Å². The third-order valence-electron chi connectivity index (χ3n) is 2.82. The fourth-order valence-corrected chi connectivity index (χ4v) is 5.44. The molecular formula is C9H12O9S3. The molecule has 0 atom stereocenters. The fourth-order valence-electron chi connectivity index (χ4n) is 2.31. The quantitative estimate of drug-likeness (QED) is 0.645. The van der Waals surface area contributed by atoms with E-state index in [0.29, 0.717) is 0 Å². The second kappa shape index (κ2) is 5.00. The third kappa shape index (κ3) is 3.25. The molecule has 0 fully saturated rings. The van der Waals surface area contributed by atoms with Crippen LogP contribution in [0.2, 0.25) is 0 Å². The van der Waals surface area contributed by atoms with E-state index in [0.717, 1.165) is 20.8 Å². The molecule has 0 aromatic heterocycles. The second-order valence-corrected chi connectivity index (χ2v) is 8.36. The van der Waals surface area contributed by atoms with Gasteiger partial charge in [-0.2, -0.15) is 25.3 Å². The third-order valence-corrected chi connectivity index (χ3v) is 6.20. The van der Waals surface area contributed by atoms with E-state index in [9.17, 15) is 25.3 Å². The first-order valence-electron chi connectivity index (χ1n) is 5.16. The maximum Gasteiger partial charge on any atom is 0.295 e. The lowest BCUT2D eigenvalue weighted by atomic mass is 10.1. The van der Waals surface area contributed by atoms with Gasteiger partial charge in [-0.05, 0) is 37.5 Å². The number of benzene rings is 1. The molecule has 9 nitrogen and oxygen atoms in total. The van der Waals surface area contributed by atoms with Crippen LogP contribution in [0, 0.1) is 20.8 Å². The molecule has 3 N–H and O–H groups in total. The zero-order chi connectivity index (χ0) is 17.0. The Morgan fingerprint density at radius 3 is 0.762 bits per heavy atom. The largest absolute Gasteiger partial charge is 0.295 e. The van der Waals surface area contributed by atoms with Gasteiger partial charge in [-0.25, -0.2) is 0 Å². The minimum atomic E-state index is -5.00. The molecule has 0 bridgehead atoms. The predicted octanol–water partition coefficient (Wildman–Crippen LogP) is 0.352. The molecule has 0 amide bonds. The normalized spacial score (nSPS) is 13.4. The van der Waals surface area contributed by atoms with Crippen molar-refractivity contribution in [2.24, 2.45) is 0 Å². The van der Waals surface area contributed by atoms with Gasteiger partial charge in [-0.3, -0.25) is 13.7 Å². The van der Waals surface area contributed by atoms with Crippen molar-refractivity contribution in [3.63, 3.8) is 0 Å². The van der Waals surface area contributed by atoms with Gasteiger partial charge < -0.3 is 0 Å². The van der Waals surface area contributed by atoms with Crippen molar-refractivity contribution in [2.45, 2.75) is 35.5 Å². The van der Waals surface area contributed by atoms with Crippen molar-refractivity contribution in [3.8, 4) is 0 Å². The summed E-state index contributed by atoms with van der Waals surface area (Å²) >= 11 is 0. The lowest BCUT2D eigenvalue weighted by molar-refractivity contribution is 0.474. The minimum Gasteiger partial charge on any atom is -0.282 e. The van der Waals surface area contributed by atoms with Gasteiger partial charge >= 0.3 is 0 Å². The van der Waals surface area contributed by atoms with Crippen LogP contribution in [-0.2, 0) is 30.4 Å². The highest BCUT2D eigenvalue weighted by atomic mass is 32.2. The van der Waals surface area contributed by atoms with E-state index in [1.54, 1.807) is 0 Å². The van der Waals surface area contributed by atoms with Crippen molar-refractivity contribution >= 4 is 30.4 Å². The van der Waals surface area contributed by atoms with E-state index in [1.165, 1.54) is 0 Å². The van der Waals surface area contributed by atoms with E-state index in [2.05, 4.69) is 0 Å². The summed E-state index contributed by atoms with van der Waals surface area (Å²) in [6.45, 7) is 2.92. The number of hydrogen-bond donors (Lipinski definition) is 3. The average molecular weight is 360 g/mol. The molecule has 0 spiro atoms. The Bertz CT molecular complexity index is 776. The zero-order valence-electron chi connectivity index (χ0n) is 11.0. The van der Waals surface area contributed by atoms with E-state index in [1.807, 2.05) is 0 Å². The van der Waals surface area contributed by atoms with Crippen LogP contribution in [0.15, 0.2) is 14.7 Å². The molecule has 0 heterocycles. The van der Waals surface area contributed by atoms with Gasteiger partial charge in [-0.1, -0.05) is 0 Å². The Balaban J connectivity index is 4.36. The Labute approximate surface area is 121 Å².